The van der Waals surface area contributed by atoms with E-state index < -0.39 is 28.6 Å². The Morgan fingerprint density at radius 2 is 1.81 bits per heavy atom. The summed E-state index contributed by atoms with van der Waals surface area (Å²) in [5, 5.41) is 4.01. The molecule has 0 aliphatic carbocycles. The summed E-state index contributed by atoms with van der Waals surface area (Å²) in [7, 11) is 0. The number of cyclic esters (lactones) is 2. The Morgan fingerprint density at radius 1 is 1.24 bits per heavy atom. The van der Waals surface area contributed by atoms with Crippen molar-refractivity contribution in [3.05, 3.63) is 0 Å². The van der Waals surface area contributed by atoms with Crippen LogP contribution in [0.2, 0.25) is 0 Å². The molecule has 2 aliphatic heterocycles. The lowest BCUT2D eigenvalue weighted by atomic mass is 9.75. The Kier molecular flexibility index (Phi) is 3.48. The van der Waals surface area contributed by atoms with Gasteiger partial charge in [0.1, 0.15) is 5.60 Å². The quantitative estimate of drug-likeness (QED) is 0.253. The number of ether oxygens (including phenoxy) is 2. The van der Waals surface area contributed by atoms with Crippen LogP contribution < -0.4 is 11.2 Å². The van der Waals surface area contributed by atoms with Crippen LogP contribution in [0, 0.1) is 5.41 Å². The molecule has 116 valence electrons. The molecule has 2 rings (SSSR count). The van der Waals surface area contributed by atoms with Crippen LogP contribution in [0.1, 0.15) is 40.5 Å². The van der Waals surface area contributed by atoms with E-state index in [-0.39, 0.29) is 11.5 Å². The highest BCUT2D eigenvalue weighted by atomic mass is 32.1. The molecule has 0 unspecified atom stereocenters. The number of rotatable bonds is 2. The Morgan fingerprint density at radius 3 is 2.29 bits per heavy atom. The average Bonchev–Trinajstić information content (AvgIpc) is 2.71. The molecule has 7 nitrogen and oxygen atoms in total. The number of carbonyl (C=O) groups excluding carboxylic acids is 2. The van der Waals surface area contributed by atoms with E-state index >= 15 is 0 Å². The van der Waals surface area contributed by atoms with E-state index in [2.05, 4.69) is 22.7 Å². The van der Waals surface area contributed by atoms with Gasteiger partial charge in [-0.1, -0.05) is 0 Å². The van der Waals surface area contributed by atoms with E-state index in [9.17, 15) is 9.59 Å². The number of hydrogen-bond donors (Lipinski definition) is 2. The van der Waals surface area contributed by atoms with Gasteiger partial charge in [-0.2, -0.15) is 5.10 Å². The number of esters is 2. The third-order valence-electron chi connectivity index (χ3n) is 3.93. The van der Waals surface area contributed by atoms with Crippen molar-refractivity contribution in [3.63, 3.8) is 0 Å². The second kappa shape index (κ2) is 4.66. The predicted octanol–water partition coefficient (Wildman–Crippen LogP) is 0.613. The minimum absolute atomic E-state index is 0.0124. The van der Waals surface area contributed by atoms with Crippen LogP contribution in [-0.4, -0.2) is 34.0 Å². The summed E-state index contributed by atoms with van der Waals surface area (Å²) in [6.07, 6.45) is 0.485. The van der Waals surface area contributed by atoms with Crippen LogP contribution >= 0.6 is 12.2 Å². The summed E-state index contributed by atoms with van der Waals surface area (Å²) in [4.78, 5) is 24.5. The number of hydrogen-bond acceptors (Lipinski definition) is 6. The van der Waals surface area contributed by atoms with Crippen LogP contribution in [0.15, 0.2) is 5.10 Å². The number of hydrazone groups is 1. The Balaban J connectivity index is 2.29. The van der Waals surface area contributed by atoms with Crippen LogP contribution in [0.3, 0.4) is 0 Å². The highest BCUT2D eigenvalue weighted by molar-refractivity contribution is 7.80. The third-order valence-corrected chi connectivity index (χ3v) is 4.03. The standard InChI is InChI=1S/C13H19N3O4S/c1-7(15-16-10(14)21)12(4)6-13(9(18)20-12)5-11(2,3)19-8(13)17/h5-6H2,1-4H3,(H3,14,16,21)/b15-7-/t12-,13+/m0/s1. The Labute approximate surface area is 128 Å². The van der Waals surface area contributed by atoms with Gasteiger partial charge in [0, 0.05) is 12.8 Å². The first kappa shape index (κ1) is 15.7. The van der Waals surface area contributed by atoms with Crippen LogP contribution in [-0.2, 0) is 19.1 Å². The molecule has 0 saturated carbocycles. The first-order valence-corrected chi connectivity index (χ1v) is 6.99. The lowest BCUT2D eigenvalue weighted by Crippen LogP contribution is -2.37. The van der Waals surface area contributed by atoms with Gasteiger partial charge in [-0.15, -0.1) is 0 Å². The van der Waals surface area contributed by atoms with Crippen molar-refractivity contribution in [3.8, 4) is 0 Å². The summed E-state index contributed by atoms with van der Waals surface area (Å²) in [6, 6.07) is 0. The molecule has 3 N–H and O–H groups in total. The maximum Gasteiger partial charge on any atom is 0.324 e. The fourth-order valence-corrected chi connectivity index (χ4v) is 2.96. The Bertz CT molecular complexity index is 560. The maximum absolute atomic E-state index is 12.3. The zero-order valence-electron chi connectivity index (χ0n) is 12.5. The molecule has 2 heterocycles. The molecule has 0 radical (unpaired) electrons. The van der Waals surface area contributed by atoms with Gasteiger partial charge in [0.15, 0.2) is 16.1 Å². The molecule has 21 heavy (non-hydrogen) atoms. The zero-order valence-corrected chi connectivity index (χ0v) is 13.3. The van der Waals surface area contributed by atoms with Gasteiger partial charge in [0.25, 0.3) is 0 Å². The highest BCUT2D eigenvalue weighted by Crippen LogP contribution is 2.51. The average molecular weight is 313 g/mol. The molecule has 8 heteroatoms. The number of nitrogens with one attached hydrogen (secondary N) is 1. The molecular weight excluding hydrogens is 294 g/mol. The van der Waals surface area contributed by atoms with Gasteiger partial charge >= 0.3 is 11.9 Å². The minimum atomic E-state index is -1.25. The van der Waals surface area contributed by atoms with Crippen molar-refractivity contribution in [1.82, 2.24) is 5.43 Å². The fraction of sp³-hybridized carbons (Fsp3) is 0.692. The smallest absolute Gasteiger partial charge is 0.324 e. The molecule has 1 spiro atoms. The van der Waals surface area contributed by atoms with Crippen molar-refractivity contribution in [1.29, 1.82) is 0 Å². The van der Waals surface area contributed by atoms with Crippen molar-refractivity contribution in [2.45, 2.75) is 51.7 Å². The summed E-state index contributed by atoms with van der Waals surface area (Å²) in [6.45, 7) is 6.94. The third kappa shape index (κ3) is 2.59. The molecule has 2 fully saturated rings. The normalized spacial score (nSPS) is 34.8. The van der Waals surface area contributed by atoms with Gasteiger partial charge in [0.05, 0.1) is 5.71 Å². The van der Waals surface area contributed by atoms with E-state index in [1.807, 2.05) is 0 Å². The van der Waals surface area contributed by atoms with Crippen LogP contribution in [0.4, 0.5) is 0 Å². The molecule has 0 aromatic carbocycles. The lowest BCUT2D eigenvalue weighted by molar-refractivity contribution is -0.160. The lowest BCUT2D eigenvalue weighted by Gasteiger charge is -2.22. The summed E-state index contributed by atoms with van der Waals surface area (Å²) >= 11 is 4.68. The highest BCUT2D eigenvalue weighted by Gasteiger charge is 2.67. The molecule has 2 saturated heterocycles. The van der Waals surface area contributed by atoms with Gasteiger partial charge in [-0.3, -0.25) is 15.0 Å². The molecule has 2 aliphatic rings. The topological polar surface area (TPSA) is 103 Å². The monoisotopic (exact) mass is 313 g/mol. The number of carbonyl (C=O) groups is 2. The molecule has 0 amide bonds. The first-order valence-electron chi connectivity index (χ1n) is 6.58. The van der Waals surface area contributed by atoms with Crippen LogP contribution in [0.25, 0.3) is 0 Å². The SMILES string of the molecule is C/C(=N/NC(N)=S)[C@]1(C)C[C@@]2(CC(C)(C)OC2=O)C(=O)O1. The van der Waals surface area contributed by atoms with Gasteiger partial charge in [-0.05, 0) is 39.9 Å². The van der Waals surface area contributed by atoms with E-state index in [1.54, 1.807) is 27.7 Å². The molecule has 2 atom stereocenters. The summed E-state index contributed by atoms with van der Waals surface area (Å²) in [5.41, 5.74) is 5.34. The van der Waals surface area contributed by atoms with Gasteiger partial charge < -0.3 is 15.2 Å². The second-order valence-electron chi connectivity index (χ2n) is 6.38. The minimum Gasteiger partial charge on any atom is -0.459 e. The van der Waals surface area contributed by atoms with E-state index in [1.165, 1.54) is 0 Å². The first-order chi connectivity index (χ1) is 9.51. The predicted molar refractivity (Wildman–Crippen MR) is 79.4 cm³/mol. The summed E-state index contributed by atoms with van der Waals surface area (Å²) < 4.78 is 10.7. The molecule has 0 aromatic heterocycles. The van der Waals surface area contributed by atoms with E-state index in [0.29, 0.717) is 12.1 Å². The van der Waals surface area contributed by atoms with Gasteiger partial charge in [-0.25, -0.2) is 0 Å². The molecule has 0 aromatic rings. The molecular formula is C13H19N3O4S. The van der Waals surface area contributed by atoms with E-state index in [4.69, 9.17) is 15.2 Å². The number of nitrogens with zero attached hydrogens (tertiary/aromatic N) is 1. The Hall–Kier alpha value is -1.70. The number of nitrogens with two attached hydrogens (primary N) is 1. The fourth-order valence-electron chi connectivity index (χ4n) is 2.92. The second-order valence-corrected chi connectivity index (χ2v) is 6.82. The van der Waals surface area contributed by atoms with Crippen molar-refractivity contribution >= 4 is 35.0 Å². The largest absolute Gasteiger partial charge is 0.459 e. The maximum atomic E-state index is 12.3. The van der Waals surface area contributed by atoms with E-state index in [0.717, 1.165) is 0 Å². The van der Waals surface area contributed by atoms with Crippen molar-refractivity contribution in [2.24, 2.45) is 16.3 Å². The number of thiocarbonyl (C=S) groups is 1. The van der Waals surface area contributed by atoms with Crippen molar-refractivity contribution in [2.75, 3.05) is 0 Å². The van der Waals surface area contributed by atoms with Crippen molar-refractivity contribution < 1.29 is 19.1 Å². The zero-order chi connectivity index (χ0) is 16.1. The van der Waals surface area contributed by atoms with Gasteiger partial charge in [0.2, 0.25) is 0 Å². The van der Waals surface area contributed by atoms with Crippen LogP contribution in [0.5, 0.6) is 0 Å². The summed E-state index contributed by atoms with van der Waals surface area (Å²) in [5.74, 6) is -1.10. The molecule has 0 bridgehead atoms.